The first-order valence-electron chi connectivity index (χ1n) is 2.78. The maximum absolute atomic E-state index is 5.76. The van der Waals surface area contributed by atoms with Crippen LogP contribution in [-0.2, 0) is 0 Å². The highest BCUT2D eigenvalue weighted by molar-refractivity contribution is 6.22. The maximum atomic E-state index is 5.76. The zero-order valence-electron chi connectivity index (χ0n) is 5.19. The smallest absolute Gasteiger partial charge is 0.130 e. The minimum atomic E-state index is -0.212. The van der Waals surface area contributed by atoms with Gasteiger partial charge in [-0.25, -0.2) is 0 Å². The average Bonchev–Trinajstić information content (AvgIpc) is 1.80. The zero-order chi connectivity index (χ0) is 6.85. The predicted octanol–water partition coefficient (Wildman–Crippen LogP) is -0.110. The summed E-state index contributed by atoms with van der Waals surface area (Å²) in [5, 5.41) is 5.78. The molecule has 1 aliphatic rings. The Morgan fingerprint density at radius 3 is 2.89 bits per heavy atom. The van der Waals surface area contributed by atoms with Crippen molar-refractivity contribution in [3.8, 4) is 0 Å². The van der Waals surface area contributed by atoms with Gasteiger partial charge in [-0.3, -0.25) is 11.1 Å². The minimum absolute atomic E-state index is 0.124. The predicted molar refractivity (Wildman–Crippen MR) is 37.6 cm³/mol. The third kappa shape index (κ3) is 1.58. The summed E-state index contributed by atoms with van der Waals surface area (Å²) >= 11 is 5.76. The van der Waals surface area contributed by atoms with Crippen LogP contribution in [0.15, 0.2) is 11.8 Å². The lowest BCUT2D eigenvalue weighted by Crippen LogP contribution is -2.53. The molecule has 1 rings (SSSR count). The lowest BCUT2D eigenvalue weighted by atomic mass is 10.3. The molecule has 1 heterocycles. The van der Waals surface area contributed by atoms with E-state index in [4.69, 9.17) is 17.3 Å². The molecule has 0 aromatic carbocycles. The fourth-order valence-electron chi connectivity index (χ4n) is 0.632. The Kier molecular flexibility index (Phi) is 1.95. The second kappa shape index (κ2) is 2.56. The van der Waals surface area contributed by atoms with Gasteiger partial charge in [-0.15, -0.1) is 11.6 Å². The number of alkyl halides is 1. The van der Waals surface area contributed by atoms with E-state index in [0.717, 1.165) is 5.57 Å². The molecule has 2 unspecified atom stereocenters. The Balaban J connectivity index is 2.56. The van der Waals surface area contributed by atoms with Crippen molar-refractivity contribution >= 4 is 11.6 Å². The van der Waals surface area contributed by atoms with Gasteiger partial charge in [0, 0.05) is 6.20 Å². The van der Waals surface area contributed by atoms with E-state index in [1.54, 1.807) is 0 Å². The Hall–Kier alpha value is -0.250. The molecule has 0 aliphatic carbocycles. The van der Waals surface area contributed by atoms with Gasteiger partial charge in [0.15, 0.2) is 0 Å². The molecule has 0 saturated carbocycles. The van der Waals surface area contributed by atoms with Crippen molar-refractivity contribution in [1.29, 1.82) is 0 Å². The number of rotatable bonds is 0. The standard InChI is InChI=1S/C5H10ClN3/c1-3-2-8-5(7)9-4(3)6/h2,4-5,8-9H,7H2,1H3. The minimum Gasteiger partial charge on any atom is -0.364 e. The van der Waals surface area contributed by atoms with E-state index >= 15 is 0 Å². The molecule has 0 fully saturated rings. The zero-order valence-corrected chi connectivity index (χ0v) is 5.94. The van der Waals surface area contributed by atoms with E-state index in [-0.39, 0.29) is 11.8 Å². The summed E-state index contributed by atoms with van der Waals surface area (Å²) in [7, 11) is 0. The number of hydrogen-bond acceptors (Lipinski definition) is 3. The van der Waals surface area contributed by atoms with Crippen molar-refractivity contribution < 1.29 is 0 Å². The maximum Gasteiger partial charge on any atom is 0.130 e. The average molecular weight is 148 g/mol. The Morgan fingerprint density at radius 2 is 2.44 bits per heavy atom. The van der Waals surface area contributed by atoms with Crippen molar-refractivity contribution in [2.75, 3.05) is 0 Å². The summed E-state index contributed by atoms with van der Waals surface area (Å²) in [6, 6.07) is 0. The van der Waals surface area contributed by atoms with Crippen LogP contribution in [0.25, 0.3) is 0 Å². The molecule has 3 nitrogen and oxygen atoms in total. The number of halogens is 1. The third-order valence-electron chi connectivity index (χ3n) is 1.22. The molecule has 0 radical (unpaired) electrons. The first-order valence-corrected chi connectivity index (χ1v) is 3.22. The molecule has 2 atom stereocenters. The summed E-state index contributed by atoms with van der Waals surface area (Å²) < 4.78 is 0. The van der Waals surface area contributed by atoms with Crippen molar-refractivity contribution in [2.24, 2.45) is 5.73 Å². The first-order chi connectivity index (χ1) is 4.20. The summed E-state index contributed by atoms with van der Waals surface area (Å²) in [4.78, 5) is 0. The van der Waals surface area contributed by atoms with Gasteiger partial charge in [-0.05, 0) is 12.5 Å². The largest absolute Gasteiger partial charge is 0.364 e. The van der Waals surface area contributed by atoms with Crippen molar-refractivity contribution in [1.82, 2.24) is 10.6 Å². The molecule has 0 aromatic rings. The van der Waals surface area contributed by atoms with E-state index in [0.29, 0.717) is 0 Å². The molecule has 9 heavy (non-hydrogen) atoms. The van der Waals surface area contributed by atoms with Crippen LogP contribution in [0, 0.1) is 0 Å². The number of nitrogens with two attached hydrogens (primary N) is 1. The lowest BCUT2D eigenvalue weighted by Gasteiger charge is -2.24. The van der Waals surface area contributed by atoms with Crippen LogP contribution in [0.5, 0.6) is 0 Å². The highest BCUT2D eigenvalue weighted by Gasteiger charge is 2.13. The summed E-state index contributed by atoms with van der Waals surface area (Å²) in [6.07, 6.45) is 1.61. The second-order valence-corrected chi connectivity index (χ2v) is 2.50. The van der Waals surface area contributed by atoms with Crippen LogP contribution >= 0.6 is 11.6 Å². The van der Waals surface area contributed by atoms with E-state index in [1.807, 2.05) is 13.1 Å². The van der Waals surface area contributed by atoms with Crippen LogP contribution in [0.3, 0.4) is 0 Å². The van der Waals surface area contributed by atoms with E-state index in [9.17, 15) is 0 Å². The fourth-order valence-corrected chi connectivity index (χ4v) is 0.830. The Morgan fingerprint density at radius 1 is 1.78 bits per heavy atom. The lowest BCUT2D eigenvalue weighted by molar-refractivity contribution is 0.462. The highest BCUT2D eigenvalue weighted by atomic mass is 35.5. The van der Waals surface area contributed by atoms with E-state index in [2.05, 4.69) is 10.6 Å². The molecule has 0 spiro atoms. The van der Waals surface area contributed by atoms with Crippen molar-refractivity contribution in [3.05, 3.63) is 11.8 Å². The van der Waals surface area contributed by atoms with Gasteiger partial charge in [0.2, 0.25) is 0 Å². The van der Waals surface area contributed by atoms with Crippen LogP contribution in [0.1, 0.15) is 6.92 Å². The van der Waals surface area contributed by atoms with Gasteiger partial charge in [-0.1, -0.05) is 0 Å². The molecule has 4 heteroatoms. The summed E-state index contributed by atoms with van der Waals surface area (Å²) in [5.41, 5.74) is 6.37. The number of nitrogens with one attached hydrogen (secondary N) is 2. The highest BCUT2D eigenvalue weighted by Crippen LogP contribution is 2.07. The monoisotopic (exact) mass is 147 g/mol. The van der Waals surface area contributed by atoms with Crippen LogP contribution in [0.4, 0.5) is 0 Å². The topological polar surface area (TPSA) is 50.1 Å². The normalized spacial score (nSPS) is 35.2. The van der Waals surface area contributed by atoms with Crippen molar-refractivity contribution in [3.63, 3.8) is 0 Å². The Bertz CT molecular complexity index is 134. The first kappa shape index (κ1) is 6.86. The molecule has 0 aromatic heterocycles. The quantitative estimate of drug-likeness (QED) is 0.331. The summed E-state index contributed by atoms with van der Waals surface area (Å²) in [5.74, 6) is 0. The second-order valence-electron chi connectivity index (χ2n) is 2.06. The third-order valence-corrected chi connectivity index (χ3v) is 1.69. The fraction of sp³-hybridized carbons (Fsp3) is 0.600. The van der Waals surface area contributed by atoms with Gasteiger partial charge in [-0.2, -0.15) is 0 Å². The molecule has 4 N–H and O–H groups in total. The summed E-state index contributed by atoms with van der Waals surface area (Å²) in [6.45, 7) is 1.93. The Labute approximate surface area is 59.2 Å². The SMILES string of the molecule is CC1=CNC(N)NC1Cl. The van der Waals surface area contributed by atoms with Gasteiger partial charge in [0.25, 0.3) is 0 Å². The molecule has 1 aliphatic heterocycles. The van der Waals surface area contributed by atoms with Gasteiger partial charge >= 0.3 is 0 Å². The van der Waals surface area contributed by atoms with E-state index < -0.39 is 0 Å². The van der Waals surface area contributed by atoms with Gasteiger partial charge < -0.3 is 5.32 Å². The van der Waals surface area contributed by atoms with Crippen molar-refractivity contribution in [2.45, 2.75) is 18.7 Å². The van der Waals surface area contributed by atoms with Crippen LogP contribution in [0.2, 0.25) is 0 Å². The molecule has 52 valence electrons. The molecule has 0 saturated heterocycles. The van der Waals surface area contributed by atoms with Crippen LogP contribution in [-0.4, -0.2) is 11.8 Å². The molecular formula is C5H10ClN3. The molecule has 0 bridgehead atoms. The molecule has 0 amide bonds. The number of hydrogen-bond donors (Lipinski definition) is 3. The molecular weight excluding hydrogens is 138 g/mol. The van der Waals surface area contributed by atoms with Gasteiger partial charge in [0.1, 0.15) is 11.8 Å². The van der Waals surface area contributed by atoms with Gasteiger partial charge in [0.05, 0.1) is 0 Å². The van der Waals surface area contributed by atoms with Crippen LogP contribution < -0.4 is 16.4 Å². The van der Waals surface area contributed by atoms with E-state index in [1.165, 1.54) is 0 Å².